The van der Waals surface area contributed by atoms with Gasteiger partial charge in [0, 0.05) is 40.0 Å². The summed E-state index contributed by atoms with van der Waals surface area (Å²) in [7, 11) is 0. The second-order valence-corrected chi connectivity index (χ2v) is 7.89. The number of aromatic nitrogens is 2. The maximum atomic E-state index is 6.29. The molecule has 0 saturated carbocycles. The molecule has 1 aromatic heterocycles. The zero-order valence-corrected chi connectivity index (χ0v) is 15.9. The average Bonchev–Trinajstić information content (AvgIpc) is 3.04. The topological polar surface area (TPSA) is 17.8 Å². The van der Waals surface area contributed by atoms with Crippen molar-refractivity contribution in [3.8, 4) is 0 Å². The summed E-state index contributed by atoms with van der Waals surface area (Å²) in [6.45, 7) is 3.28. The van der Waals surface area contributed by atoms with Crippen LogP contribution in [0.15, 0.2) is 36.9 Å². The van der Waals surface area contributed by atoms with Gasteiger partial charge in [0.25, 0.3) is 0 Å². The minimum Gasteiger partial charge on any atom is -0.337 e. The fraction of sp³-hybridized carbons (Fsp3) is 0.500. The van der Waals surface area contributed by atoms with Crippen LogP contribution in [0.5, 0.6) is 0 Å². The van der Waals surface area contributed by atoms with Crippen LogP contribution in [0, 0.1) is 0 Å². The lowest BCUT2D eigenvalue weighted by Crippen LogP contribution is -2.08. The fourth-order valence-electron chi connectivity index (χ4n) is 2.49. The van der Waals surface area contributed by atoms with E-state index in [9.17, 15) is 0 Å². The van der Waals surface area contributed by atoms with Gasteiger partial charge in [-0.1, -0.05) is 55.5 Å². The molecule has 2 nitrogen and oxygen atoms in total. The van der Waals surface area contributed by atoms with Gasteiger partial charge in [-0.2, -0.15) is 11.8 Å². The van der Waals surface area contributed by atoms with E-state index in [-0.39, 0.29) is 0 Å². The Labute approximate surface area is 153 Å². The highest BCUT2D eigenvalue weighted by Crippen LogP contribution is 2.30. The molecule has 23 heavy (non-hydrogen) atoms. The third-order valence-electron chi connectivity index (χ3n) is 3.89. The Hall–Kier alpha value is -0.640. The van der Waals surface area contributed by atoms with Crippen molar-refractivity contribution in [3.05, 3.63) is 52.5 Å². The number of hydrogen-bond acceptors (Lipinski definition) is 2. The Morgan fingerprint density at radius 1 is 1.22 bits per heavy atom. The molecule has 0 fully saturated rings. The Kier molecular flexibility index (Phi) is 8.35. The van der Waals surface area contributed by atoms with E-state index in [4.69, 9.17) is 23.2 Å². The first-order chi connectivity index (χ1) is 11.2. The maximum Gasteiger partial charge on any atom is 0.0945 e. The molecule has 0 amide bonds. The van der Waals surface area contributed by atoms with Crippen molar-refractivity contribution >= 4 is 35.0 Å². The average molecular weight is 371 g/mol. The van der Waals surface area contributed by atoms with Gasteiger partial charge in [-0.25, -0.2) is 4.98 Å². The molecule has 1 unspecified atom stereocenters. The second-order valence-electron chi connectivity index (χ2n) is 5.75. The first-order valence-electron chi connectivity index (χ1n) is 8.20. The van der Waals surface area contributed by atoms with Crippen molar-refractivity contribution in [3.63, 3.8) is 0 Å². The summed E-state index contributed by atoms with van der Waals surface area (Å²) < 4.78 is 2.16. The zero-order valence-electron chi connectivity index (χ0n) is 13.5. The number of rotatable bonds is 10. The van der Waals surface area contributed by atoms with Crippen molar-refractivity contribution in [1.82, 2.24) is 9.55 Å². The van der Waals surface area contributed by atoms with Crippen molar-refractivity contribution in [2.45, 2.75) is 56.6 Å². The van der Waals surface area contributed by atoms with Gasteiger partial charge in [0.2, 0.25) is 0 Å². The smallest absolute Gasteiger partial charge is 0.0945 e. The first-order valence-corrected chi connectivity index (χ1v) is 10.0. The van der Waals surface area contributed by atoms with E-state index in [2.05, 4.69) is 16.5 Å². The van der Waals surface area contributed by atoms with Crippen molar-refractivity contribution in [2.75, 3.05) is 0 Å². The van der Waals surface area contributed by atoms with Crippen LogP contribution in [0.3, 0.4) is 0 Å². The van der Waals surface area contributed by atoms with Gasteiger partial charge in [0.15, 0.2) is 0 Å². The molecule has 0 N–H and O–H groups in total. The highest BCUT2D eigenvalue weighted by Gasteiger charge is 2.11. The van der Waals surface area contributed by atoms with Crippen molar-refractivity contribution < 1.29 is 0 Å². The van der Waals surface area contributed by atoms with Crippen LogP contribution in [0.25, 0.3) is 0 Å². The summed E-state index contributed by atoms with van der Waals surface area (Å²) >= 11 is 14.3. The van der Waals surface area contributed by atoms with Gasteiger partial charge >= 0.3 is 0 Å². The minimum atomic E-state index is 0.649. The normalized spacial score (nSPS) is 12.5. The lowest BCUT2D eigenvalue weighted by molar-refractivity contribution is 0.569. The SMILES string of the molecule is CCCCCC(CCn1ccnc1)SCc1ccc(Cl)cc1Cl. The summed E-state index contributed by atoms with van der Waals surface area (Å²) in [6, 6.07) is 5.79. The zero-order chi connectivity index (χ0) is 16.5. The standard InChI is InChI=1S/C18H24Cl2N2S/c1-2-3-4-5-17(8-10-22-11-9-21-14-22)23-13-15-6-7-16(19)12-18(15)20/h6-7,9,11-12,14,17H,2-5,8,10,13H2,1H3. The van der Waals surface area contributed by atoms with Gasteiger partial charge in [0.05, 0.1) is 6.33 Å². The second kappa shape index (κ2) is 10.3. The Morgan fingerprint density at radius 2 is 2.09 bits per heavy atom. The van der Waals surface area contributed by atoms with Gasteiger partial charge in [-0.3, -0.25) is 0 Å². The first kappa shape index (κ1) is 18.7. The van der Waals surface area contributed by atoms with Gasteiger partial charge in [-0.15, -0.1) is 0 Å². The highest BCUT2D eigenvalue weighted by molar-refractivity contribution is 7.99. The van der Waals surface area contributed by atoms with Crippen LogP contribution in [0.2, 0.25) is 10.0 Å². The van der Waals surface area contributed by atoms with Crippen molar-refractivity contribution in [2.24, 2.45) is 0 Å². The number of benzene rings is 1. The molecule has 1 heterocycles. The van der Waals surface area contributed by atoms with E-state index in [1.54, 1.807) is 0 Å². The molecule has 0 radical (unpaired) electrons. The molecule has 2 rings (SSSR count). The van der Waals surface area contributed by atoms with E-state index in [0.717, 1.165) is 23.7 Å². The number of unbranched alkanes of at least 4 members (excludes halogenated alkanes) is 2. The number of halogens is 2. The van der Waals surface area contributed by atoms with E-state index >= 15 is 0 Å². The summed E-state index contributed by atoms with van der Waals surface area (Å²) in [5.41, 5.74) is 1.17. The molecule has 0 aliphatic carbocycles. The Morgan fingerprint density at radius 3 is 2.78 bits per heavy atom. The third-order valence-corrected chi connectivity index (χ3v) is 5.90. The lowest BCUT2D eigenvalue weighted by Gasteiger charge is -2.17. The van der Waals surface area contributed by atoms with E-state index in [1.807, 2.05) is 48.7 Å². The molecular weight excluding hydrogens is 347 g/mol. The molecule has 2 aromatic rings. The molecule has 0 aliphatic heterocycles. The molecule has 0 saturated heterocycles. The van der Waals surface area contributed by atoms with Gasteiger partial charge in [-0.05, 0) is 30.5 Å². The van der Waals surface area contributed by atoms with Crippen LogP contribution < -0.4 is 0 Å². The summed E-state index contributed by atoms with van der Waals surface area (Å²) in [4.78, 5) is 4.12. The van der Waals surface area contributed by atoms with Crippen LogP contribution >= 0.6 is 35.0 Å². The molecular formula is C18H24Cl2N2S. The predicted molar refractivity (Wildman–Crippen MR) is 103 cm³/mol. The molecule has 1 aromatic carbocycles. The van der Waals surface area contributed by atoms with E-state index in [0.29, 0.717) is 10.3 Å². The quantitative estimate of drug-likeness (QED) is 0.446. The van der Waals surface area contributed by atoms with Gasteiger partial charge in [0.1, 0.15) is 0 Å². The molecule has 0 spiro atoms. The van der Waals surface area contributed by atoms with Crippen LogP contribution in [0.4, 0.5) is 0 Å². The fourth-order valence-corrected chi connectivity index (χ4v) is 4.32. The highest BCUT2D eigenvalue weighted by atomic mass is 35.5. The maximum absolute atomic E-state index is 6.29. The summed E-state index contributed by atoms with van der Waals surface area (Å²) in [6.07, 6.45) is 12.1. The van der Waals surface area contributed by atoms with Crippen LogP contribution in [-0.4, -0.2) is 14.8 Å². The monoisotopic (exact) mass is 370 g/mol. The number of thioether (sulfide) groups is 1. The number of hydrogen-bond donors (Lipinski definition) is 0. The Bertz CT molecular complexity index is 572. The van der Waals surface area contributed by atoms with Gasteiger partial charge < -0.3 is 4.57 Å². The predicted octanol–water partition coefficient (Wildman–Crippen LogP) is 6.46. The van der Waals surface area contributed by atoms with E-state index in [1.165, 1.54) is 31.2 Å². The minimum absolute atomic E-state index is 0.649. The molecule has 126 valence electrons. The molecule has 0 aliphatic rings. The summed E-state index contributed by atoms with van der Waals surface area (Å²) in [5.74, 6) is 0.941. The summed E-state index contributed by atoms with van der Waals surface area (Å²) in [5, 5.41) is 2.12. The Balaban J connectivity index is 1.87. The molecule has 1 atom stereocenters. The van der Waals surface area contributed by atoms with Crippen molar-refractivity contribution in [1.29, 1.82) is 0 Å². The van der Waals surface area contributed by atoms with Crippen LogP contribution in [-0.2, 0) is 12.3 Å². The largest absolute Gasteiger partial charge is 0.337 e. The lowest BCUT2D eigenvalue weighted by atomic mass is 10.1. The van der Waals surface area contributed by atoms with Crippen LogP contribution in [0.1, 0.15) is 44.6 Å². The third kappa shape index (κ3) is 6.78. The number of aryl methyl sites for hydroxylation is 1. The molecule has 0 bridgehead atoms. The van der Waals surface area contributed by atoms with E-state index < -0.39 is 0 Å². The number of nitrogens with zero attached hydrogens (tertiary/aromatic N) is 2. The molecule has 5 heteroatoms. The number of imidazole rings is 1.